The molecule has 0 fully saturated rings. The van der Waals surface area contributed by atoms with Crippen LogP contribution in [0.2, 0.25) is 0 Å². The van der Waals surface area contributed by atoms with Crippen molar-refractivity contribution >= 4 is 17.9 Å². The van der Waals surface area contributed by atoms with Gasteiger partial charge in [-0.1, -0.05) is 70.4 Å². The Morgan fingerprint density at radius 3 is 1.70 bits per heavy atom. The van der Waals surface area contributed by atoms with Crippen LogP contribution in [0.15, 0.2) is 12.2 Å². The summed E-state index contributed by atoms with van der Waals surface area (Å²) in [5.74, 6) is -2.38. The Labute approximate surface area is 164 Å². The van der Waals surface area contributed by atoms with Crippen LogP contribution >= 0.6 is 0 Å². The summed E-state index contributed by atoms with van der Waals surface area (Å²) < 4.78 is 4.57. The highest BCUT2D eigenvalue weighted by atomic mass is 16.6. The van der Waals surface area contributed by atoms with E-state index in [1.807, 2.05) is 0 Å². The van der Waals surface area contributed by atoms with E-state index in [1.165, 1.54) is 51.4 Å². The Morgan fingerprint density at radius 1 is 0.667 bits per heavy atom. The van der Waals surface area contributed by atoms with Gasteiger partial charge in [-0.3, -0.25) is 14.4 Å². The molecule has 0 aliphatic heterocycles. The lowest BCUT2D eigenvalue weighted by Crippen LogP contribution is -2.13. The van der Waals surface area contributed by atoms with Crippen molar-refractivity contribution in [2.45, 2.75) is 110 Å². The van der Waals surface area contributed by atoms with Gasteiger partial charge in [0.2, 0.25) is 0 Å². The number of carboxylic acid groups (broad SMARTS) is 1. The molecule has 1 N–H and O–H groups in total. The Balaban J connectivity index is 3.35. The number of esters is 2. The van der Waals surface area contributed by atoms with Crippen molar-refractivity contribution in [3.05, 3.63) is 12.2 Å². The van der Waals surface area contributed by atoms with E-state index >= 15 is 0 Å². The minimum Gasteiger partial charge on any atom is -0.481 e. The highest BCUT2D eigenvalue weighted by Gasteiger charge is 2.11. The number of aliphatic carboxylic acids is 1. The monoisotopic (exact) mass is 382 g/mol. The SMILES string of the molecule is CCCCCCCCCC=CCCCCCCC(=O)OC(=O)CCC(=O)O. The molecule has 0 bridgehead atoms. The first kappa shape index (κ1) is 25.4. The van der Waals surface area contributed by atoms with Crippen LogP contribution in [0.25, 0.3) is 0 Å². The summed E-state index contributed by atoms with van der Waals surface area (Å²) in [7, 11) is 0. The lowest BCUT2D eigenvalue weighted by Gasteiger charge is -2.02. The van der Waals surface area contributed by atoms with Gasteiger partial charge in [0.05, 0.1) is 12.8 Å². The molecule has 27 heavy (non-hydrogen) atoms. The molecule has 0 aliphatic rings. The highest BCUT2D eigenvalue weighted by Crippen LogP contribution is 2.10. The molecule has 0 amide bonds. The second-order valence-electron chi connectivity index (χ2n) is 7.07. The Bertz CT molecular complexity index is 428. The number of carbonyl (C=O) groups excluding carboxylic acids is 2. The fourth-order valence-electron chi connectivity index (χ4n) is 2.78. The predicted octanol–water partition coefficient (Wildman–Crippen LogP) is 5.96. The van der Waals surface area contributed by atoms with Crippen molar-refractivity contribution in [3.63, 3.8) is 0 Å². The first-order valence-electron chi connectivity index (χ1n) is 10.7. The van der Waals surface area contributed by atoms with Crippen LogP contribution < -0.4 is 0 Å². The van der Waals surface area contributed by atoms with Gasteiger partial charge < -0.3 is 9.84 Å². The van der Waals surface area contributed by atoms with Gasteiger partial charge in [0.15, 0.2) is 0 Å². The molecule has 0 aromatic rings. The molecule has 0 radical (unpaired) electrons. The second kappa shape index (κ2) is 19.1. The number of rotatable bonds is 18. The smallest absolute Gasteiger partial charge is 0.314 e. The van der Waals surface area contributed by atoms with Gasteiger partial charge in [0.25, 0.3) is 0 Å². The van der Waals surface area contributed by atoms with E-state index in [2.05, 4.69) is 23.8 Å². The molecular weight excluding hydrogens is 344 g/mol. The van der Waals surface area contributed by atoms with E-state index in [1.54, 1.807) is 0 Å². The summed E-state index contributed by atoms with van der Waals surface area (Å²) in [6.07, 6.45) is 19.7. The Kier molecular flexibility index (Phi) is 18.0. The first-order chi connectivity index (χ1) is 13.1. The van der Waals surface area contributed by atoms with E-state index in [9.17, 15) is 14.4 Å². The van der Waals surface area contributed by atoms with Crippen LogP contribution in [-0.2, 0) is 19.1 Å². The lowest BCUT2D eigenvalue weighted by atomic mass is 10.1. The minimum atomic E-state index is -1.07. The standard InChI is InChI=1S/C22H38O5/c1-2-3-4-5-6-7-8-9-10-11-12-13-14-15-16-17-21(25)27-22(26)19-18-20(23)24/h10-11H,2-9,12-19H2,1H3,(H,23,24). The van der Waals surface area contributed by atoms with Crippen LogP contribution in [0.4, 0.5) is 0 Å². The van der Waals surface area contributed by atoms with Crippen LogP contribution in [0.1, 0.15) is 110 Å². The Morgan fingerprint density at radius 2 is 1.15 bits per heavy atom. The number of allylic oxidation sites excluding steroid dienone is 2. The topological polar surface area (TPSA) is 80.7 Å². The maximum Gasteiger partial charge on any atom is 0.314 e. The molecule has 0 aromatic heterocycles. The summed E-state index contributed by atoms with van der Waals surface area (Å²) in [4.78, 5) is 33.0. The maximum atomic E-state index is 11.4. The molecule has 0 unspecified atom stereocenters. The molecular formula is C22H38O5. The molecule has 0 saturated carbocycles. The van der Waals surface area contributed by atoms with Gasteiger partial charge in [-0.05, 0) is 32.1 Å². The zero-order valence-electron chi connectivity index (χ0n) is 17.0. The number of unbranched alkanes of at least 4 members (excludes halogenated alkanes) is 11. The molecule has 0 saturated heterocycles. The predicted molar refractivity (Wildman–Crippen MR) is 107 cm³/mol. The number of carboxylic acids is 1. The van der Waals surface area contributed by atoms with Gasteiger partial charge >= 0.3 is 17.9 Å². The van der Waals surface area contributed by atoms with E-state index in [0.29, 0.717) is 6.42 Å². The molecule has 0 spiro atoms. The van der Waals surface area contributed by atoms with Gasteiger partial charge in [0, 0.05) is 6.42 Å². The van der Waals surface area contributed by atoms with Gasteiger partial charge in [-0.2, -0.15) is 0 Å². The zero-order chi connectivity index (χ0) is 20.2. The van der Waals surface area contributed by atoms with Crippen LogP contribution in [0, 0.1) is 0 Å². The molecule has 0 heterocycles. The third-order valence-electron chi connectivity index (χ3n) is 4.41. The summed E-state index contributed by atoms with van der Waals surface area (Å²) >= 11 is 0. The molecule has 5 nitrogen and oxygen atoms in total. The maximum absolute atomic E-state index is 11.4. The van der Waals surface area contributed by atoms with Crippen molar-refractivity contribution in [2.24, 2.45) is 0 Å². The van der Waals surface area contributed by atoms with E-state index < -0.39 is 17.9 Å². The molecule has 0 atom stereocenters. The Hall–Kier alpha value is -1.65. The summed E-state index contributed by atoms with van der Waals surface area (Å²) in [6.45, 7) is 2.24. The normalized spacial score (nSPS) is 11.0. The molecule has 0 rings (SSSR count). The number of carbonyl (C=O) groups is 3. The fraction of sp³-hybridized carbons (Fsp3) is 0.773. The zero-order valence-corrected chi connectivity index (χ0v) is 17.0. The molecule has 0 aliphatic carbocycles. The van der Waals surface area contributed by atoms with Crippen LogP contribution in [0.3, 0.4) is 0 Å². The van der Waals surface area contributed by atoms with E-state index in [0.717, 1.165) is 25.7 Å². The average Bonchev–Trinajstić information content (AvgIpc) is 2.63. The van der Waals surface area contributed by atoms with Crippen LogP contribution in [0.5, 0.6) is 0 Å². The lowest BCUT2D eigenvalue weighted by molar-refractivity contribution is -0.161. The van der Waals surface area contributed by atoms with Crippen molar-refractivity contribution in [1.82, 2.24) is 0 Å². The summed E-state index contributed by atoms with van der Waals surface area (Å²) in [5.41, 5.74) is 0. The van der Waals surface area contributed by atoms with Gasteiger partial charge in [0.1, 0.15) is 0 Å². The molecule has 156 valence electrons. The quantitative estimate of drug-likeness (QED) is 0.137. The summed E-state index contributed by atoms with van der Waals surface area (Å²) in [6, 6.07) is 0. The largest absolute Gasteiger partial charge is 0.481 e. The second-order valence-corrected chi connectivity index (χ2v) is 7.07. The average molecular weight is 383 g/mol. The number of hydrogen-bond acceptors (Lipinski definition) is 4. The third-order valence-corrected chi connectivity index (χ3v) is 4.41. The van der Waals surface area contributed by atoms with E-state index in [-0.39, 0.29) is 19.3 Å². The van der Waals surface area contributed by atoms with Crippen molar-refractivity contribution < 1.29 is 24.2 Å². The fourth-order valence-corrected chi connectivity index (χ4v) is 2.78. The van der Waals surface area contributed by atoms with Crippen molar-refractivity contribution in [2.75, 3.05) is 0 Å². The highest BCUT2D eigenvalue weighted by molar-refractivity contribution is 5.86. The minimum absolute atomic E-state index is 0.215. The van der Waals surface area contributed by atoms with E-state index in [4.69, 9.17) is 5.11 Å². The van der Waals surface area contributed by atoms with Gasteiger partial charge in [-0.15, -0.1) is 0 Å². The molecule has 5 heteroatoms. The third kappa shape index (κ3) is 20.5. The summed E-state index contributed by atoms with van der Waals surface area (Å²) in [5, 5.41) is 8.45. The van der Waals surface area contributed by atoms with Gasteiger partial charge in [-0.25, -0.2) is 0 Å². The molecule has 0 aromatic carbocycles. The van der Waals surface area contributed by atoms with Crippen LogP contribution in [-0.4, -0.2) is 23.0 Å². The first-order valence-corrected chi connectivity index (χ1v) is 10.7. The number of hydrogen-bond donors (Lipinski definition) is 1. The van der Waals surface area contributed by atoms with Crippen molar-refractivity contribution in [3.8, 4) is 0 Å². The van der Waals surface area contributed by atoms with Crippen molar-refractivity contribution in [1.29, 1.82) is 0 Å². The number of ether oxygens (including phenoxy) is 1.